The number of benzene rings is 2. The van der Waals surface area contributed by atoms with Crippen LogP contribution in [0.5, 0.6) is 11.5 Å². The molecule has 2 heterocycles. The molecule has 4 rings (SSSR count). The molecule has 2 amide bonds. The Morgan fingerprint density at radius 3 is 2.59 bits per heavy atom. The van der Waals surface area contributed by atoms with E-state index in [0.29, 0.717) is 30.5 Å². The van der Waals surface area contributed by atoms with Gasteiger partial charge in [-0.05, 0) is 18.2 Å². The summed E-state index contributed by atoms with van der Waals surface area (Å²) in [5, 5.41) is 2.79. The number of amides is 2. The van der Waals surface area contributed by atoms with Gasteiger partial charge in [0.1, 0.15) is 18.6 Å². The molecule has 152 valence electrons. The maximum absolute atomic E-state index is 12.8. The molecule has 2 aliphatic rings. The molecular formula is C22H24N2O4S. The smallest absolute Gasteiger partial charge is 0.238 e. The van der Waals surface area contributed by atoms with Crippen LogP contribution in [0.3, 0.4) is 0 Å². The first-order chi connectivity index (χ1) is 13.8. The Hall–Kier alpha value is -2.67. The summed E-state index contributed by atoms with van der Waals surface area (Å²) in [6, 6.07) is 13.2. The molecule has 1 saturated heterocycles. The lowest BCUT2D eigenvalue weighted by Crippen LogP contribution is -2.30. The number of rotatable bonds is 3. The number of fused-ring (bicyclic) bond motifs is 1. The monoisotopic (exact) mass is 412 g/mol. The van der Waals surface area contributed by atoms with Crippen LogP contribution in [0, 0.1) is 5.41 Å². The van der Waals surface area contributed by atoms with Crippen LogP contribution in [0.15, 0.2) is 42.5 Å². The predicted octanol–water partition coefficient (Wildman–Crippen LogP) is 4.22. The summed E-state index contributed by atoms with van der Waals surface area (Å²) in [4.78, 5) is 27.1. The lowest BCUT2D eigenvalue weighted by Gasteiger charge is -2.28. The Morgan fingerprint density at radius 2 is 1.83 bits per heavy atom. The first-order valence-corrected chi connectivity index (χ1v) is 10.6. The molecule has 0 saturated carbocycles. The minimum absolute atomic E-state index is 0.0219. The molecule has 0 radical (unpaired) electrons. The first-order valence-electron chi connectivity index (χ1n) is 9.58. The number of nitrogens with zero attached hydrogens (tertiary/aromatic N) is 1. The fraction of sp³-hybridized carbons (Fsp3) is 0.364. The van der Waals surface area contributed by atoms with Gasteiger partial charge in [0.05, 0.1) is 5.75 Å². The molecule has 2 aromatic rings. The lowest BCUT2D eigenvalue weighted by molar-refractivity contribution is -0.123. The highest BCUT2D eigenvalue weighted by Crippen LogP contribution is 2.46. The second kappa shape index (κ2) is 7.63. The quantitative estimate of drug-likeness (QED) is 0.818. The van der Waals surface area contributed by atoms with Crippen molar-refractivity contribution < 1.29 is 19.1 Å². The highest BCUT2D eigenvalue weighted by Gasteiger charge is 2.36. The van der Waals surface area contributed by atoms with E-state index in [1.165, 1.54) is 0 Å². The van der Waals surface area contributed by atoms with Crippen molar-refractivity contribution in [2.24, 2.45) is 5.41 Å². The van der Waals surface area contributed by atoms with Crippen molar-refractivity contribution in [1.29, 1.82) is 0 Å². The van der Waals surface area contributed by atoms with E-state index in [4.69, 9.17) is 9.47 Å². The molecular weight excluding hydrogens is 388 g/mol. The molecule has 0 aromatic heterocycles. The topological polar surface area (TPSA) is 67.9 Å². The van der Waals surface area contributed by atoms with E-state index in [1.54, 1.807) is 16.7 Å². The van der Waals surface area contributed by atoms with E-state index < -0.39 is 5.41 Å². The van der Waals surface area contributed by atoms with Crippen LogP contribution < -0.4 is 19.7 Å². The van der Waals surface area contributed by atoms with Gasteiger partial charge in [0.2, 0.25) is 11.8 Å². The average Bonchev–Trinajstić information content (AvgIpc) is 3.08. The molecule has 7 heteroatoms. The molecule has 6 nitrogen and oxygen atoms in total. The maximum atomic E-state index is 12.8. The number of nitrogens with one attached hydrogen (secondary N) is 1. The zero-order chi connectivity index (χ0) is 20.6. The van der Waals surface area contributed by atoms with Crippen LogP contribution in [0.2, 0.25) is 0 Å². The molecule has 0 spiro atoms. The second-order valence-electron chi connectivity index (χ2n) is 8.05. The largest absolute Gasteiger partial charge is 0.486 e. The molecule has 1 N–H and O–H groups in total. The summed E-state index contributed by atoms with van der Waals surface area (Å²) in [5.74, 6) is 1.67. The first kappa shape index (κ1) is 19.6. The van der Waals surface area contributed by atoms with Crippen molar-refractivity contribution in [3.63, 3.8) is 0 Å². The third-order valence-corrected chi connectivity index (χ3v) is 6.02. The zero-order valence-electron chi connectivity index (χ0n) is 16.7. The Morgan fingerprint density at radius 1 is 1.10 bits per heavy atom. The summed E-state index contributed by atoms with van der Waals surface area (Å²) in [6.07, 6.45) is 0. The second-order valence-corrected chi connectivity index (χ2v) is 9.11. The number of thioether (sulfide) groups is 1. The number of para-hydroxylation sites is 1. The van der Waals surface area contributed by atoms with Gasteiger partial charge in [-0.2, -0.15) is 0 Å². The van der Waals surface area contributed by atoms with Gasteiger partial charge in [-0.15, -0.1) is 11.8 Å². The van der Waals surface area contributed by atoms with Gasteiger partial charge < -0.3 is 14.8 Å². The standard InChI is InChI=1S/C22H24N2O4S/c1-22(2,3)21(26)23-16-7-5-4-6-15(16)20-24(19(25)13-29-20)14-8-9-17-18(12-14)28-11-10-27-17/h4-9,12,20H,10-11,13H2,1-3H3,(H,23,26). The van der Waals surface area contributed by atoms with Crippen molar-refractivity contribution in [3.05, 3.63) is 48.0 Å². The fourth-order valence-corrected chi connectivity index (χ4v) is 4.46. The Labute approximate surface area is 174 Å². The molecule has 0 bridgehead atoms. The summed E-state index contributed by atoms with van der Waals surface area (Å²) >= 11 is 1.55. The van der Waals surface area contributed by atoms with E-state index in [-0.39, 0.29) is 17.2 Å². The Kier molecular flexibility index (Phi) is 5.17. The molecule has 2 aromatic carbocycles. The van der Waals surface area contributed by atoms with Crippen LogP contribution in [-0.4, -0.2) is 30.8 Å². The average molecular weight is 413 g/mol. The number of carbonyl (C=O) groups excluding carboxylic acids is 2. The van der Waals surface area contributed by atoms with Crippen LogP contribution in [-0.2, 0) is 9.59 Å². The fourth-order valence-electron chi connectivity index (χ4n) is 3.25. The Bertz CT molecular complexity index is 954. The summed E-state index contributed by atoms with van der Waals surface area (Å²) in [5.41, 5.74) is 1.87. The molecule has 29 heavy (non-hydrogen) atoms. The maximum Gasteiger partial charge on any atom is 0.238 e. The van der Waals surface area contributed by atoms with Crippen LogP contribution in [0.4, 0.5) is 11.4 Å². The highest BCUT2D eigenvalue weighted by atomic mass is 32.2. The lowest BCUT2D eigenvalue weighted by atomic mass is 9.95. The van der Waals surface area contributed by atoms with Crippen molar-refractivity contribution in [2.45, 2.75) is 26.1 Å². The van der Waals surface area contributed by atoms with Gasteiger partial charge in [0, 0.05) is 28.4 Å². The highest BCUT2D eigenvalue weighted by molar-refractivity contribution is 8.00. The van der Waals surface area contributed by atoms with E-state index in [1.807, 2.05) is 63.2 Å². The number of hydrogen-bond acceptors (Lipinski definition) is 5. The number of ether oxygens (including phenoxy) is 2. The Balaban J connectivity index is 1.68. The van der Waals surface area contributed by atoms with Gasteiger partial charge in [0.15, 0.2) is 11.5 Å². The third kappa shape index (κ3) is 3.92. The molecule has 1 fully saturated rings. The zero-order valence-corrected chi connectivity index (χ0v) is 17.5. The van der Waals surface area contributed by atoms with Crippen LogP contribution >= 0.6 is 11.8 Å². The van der Waals surface area contributed by atoms with Crippen LogP contribution in [0.1, 0.15) is 31.7 Å². The number of carbonyl (C=O) groups is 2. The van der Waals surface area contributed by atoms with Crippen molar-refractivity contribution >= 4 is 35.0 Å². The van der Waals surface area contributed by atoms with Gasteiger partial charge in [-0.25, -0.2) is 0 Å². The molecule has 0 aliphatic carbocycles. The van der Waals surface area contributed by atoms with E-state index in [0.717, 1.165) is 16.9 Å². The summed E-state index contributed by atoms with van der Waals surface area (Å²) < 4.78 is 11.3. The van der Waals surface area contributed by atoms with Gasteiger partial charge >= 0.3 is 0 Å². The van der Waals surface area contributed by atoms with Crippen molar-refractivity contribution in [3.8, 4) is 11.5 Å². The SMILES string of the molecule is CC(C)(C)C(=O)Nc1ccccc1C1SCC(=O)N1c1ccc2c(c1)OCCO2. The van der Waals surface area contributed by atoms with Gasteiger partial charge in [-0.3, -0.25) is 14.5 Å². The predicted molar refractivity (Wildman–Crippen MR) is 115 cm³/mol. The molecule has 2 aliphatic heterocycles. The molecule has 1 unspecified atom stereocenters. The minimum Gasteiger partial charge on any atom is -0.486 e. The van der Waals surface area contributed by atoms with Crippen LogP contribution in [0.25, 0.3) is 0 Å². The van der Waals surface area contributed by atoms with E-state index in [9.17, 15) is 9.59 Å². The number of anilines is 2. The van der Waals surface area contributed by atoms with Crippen molar-refractivity contribution in [2.75, 3.05) is 29.2 Å². The van der Waals surface area contributed by atoms with Gasteiger partial charge in [0.25, 0.3) is 0 Å². The third-order valence-electron chi connectivity index (χ3n) is 4.83. The summed E-state index contributed by atoms with van der Waals surface area (Å²) in [6.45, 7) is 6.64. The molecule has 1 atom stereocenters. The number of hydrogen-bond donors (Lipinski definition) is 1. The summed E-state index contributed by atoms with van der Waals surface area (Å²) in [7, 11) is 0. The minimum atomic E-state index is -0.513. The van der Waals surface area contributed by atoms with E-state index >= 15 is 0 Å². The van der Waals surface area contributed by atoms with Crippen molar-refractivity contribution in [1.82, 2.24) is 0 Å². The van der Waals surface area contributed by atoms with Gasteiger partial charge in [-0.1, -0.05) is 39.0 Å². The normalized spacial score (nSPS) is 18.7. The van der Waals surface area contributed by atoms with E-state index in [2.05, 4.69) is 5.32 Å².